The van der Waals surface area contributed by atoms with E-state index in [4.69, 9.17) is 9.47 Å². The van der Waals surface area contributed by atoms with Gasteiger partial charge in [-0.25, -0.2) is 0 Å². The Labute approximate surface area is 152 Å². The van der Waals surface area contributed by atoms with Gasteiger partial charge in [0.2, 0.25) is 0 Å². The molecule has 1 N–H and O–H groups in total. The molecule has 0 amide bonds. The van der Waals surface area contributed by atoms with E-state index >= 15 is 0 Å². The summed E-state index contributed by atoms with van der Waals surface area (Å²) in [7, 11) is 0. The second-order valence-corrected chi connectivity index (χ2v) is 6.28. The van der Waals surface area contributed by atoms with Crippen molar-refractivity contribution in [3.05, 3.63) is 54.1 Å². The van der Waals surface area contributed by atoms with Crippen LogP contribution in [0.25, 0.3) is 0 Å². The number of hydrogen-bond donors (Lipinski definition) is 1. The molecule has 3 heteroatoms. The lowest BCUT2D eigenvalue weighted by Crippen LogP contribution is -2.01. The standard InChI is InChI=1S/C22H31NO2/c1-3-5-7-16-24-21-13-11-19(12-14-21)18-23-20-9-8-10-22(17-20)25-15-6-4-2/h8-14,17,23H,3-7,15-16,18H2,1-2H3. The molecule has 25 heavy (non-hydrogen) atoms. The van der Waals surface area contributed by atoms with E-state index in [1.807, 2.05) is 24.3 Å². The first-order valence-corrected chi connectivity index (χ1v) is 9.50. The molecular formula is C22H31NO2. The van der Waals surface area contributed by atoms with Crippen molar-refractivity contribution in [2.24, 2.45) is 0 Å². The van der Waals surface area contributed by atoms with Gasteiger partial charge in [0.15, 0.2) is 0 Å². The molecule has 0 aliphatic heterocycles. The summed E-state index contributed by atoms with van der Waals surface area (Å²) < 4.78 is 11.5. The maximum absolute atomic E-state index is 5.75. The Morgan fingerprint density at radius 2 is 1.48 bits per heavy atom. The zero-order valence-corrected chi connectivity index (χ0v) is 15.6. The van der Waals surface area contributed by atoms with Crippen molar-refractivity contribution < 1.29 is 9.47 Å². The number of nitrogens with one attached hydrogen (secondary N) is 1. The Balaban J connectivity index is 1.77. The van der Waals surface area contributed by atoms with Gasteiger partial charge in [0.1, 0.15) is 11.5 Å². The van der Waals surface area contributed by atoms with Crippen molar-refractivity contribution in [2.75, 3.05) is 18.5 Å². The molecule has 0 saturated heterocycles. The summed E-state index contributed by atoms with van der Waals surface area (Å²) in [5, 5.41) is 3.45. The third kappa shape index (κ3) is 7.51. The van der Waals surface area contributed by atoms with Gasteiger partial charge in [-0.15, -0.1) is 0 Å². The fraction of sp³-hybridized carbons (Fsp3) is 0.455. The van der Waals surface area contributed by atoms with Gasteiger partial charge in [-0.2, -0.15) is 0 Å². The van der Waals surface area contributed by atoms with E-state index in [2.05, 4.69) is 43.4 Å². The predicted octanol–water partition coefficient (Wildman–Crippen LogP) is 6.05. The van der Waals surface area contributed by atoms with E-state index in [-0.39, 0.29) is 0 Å². The lowest BCUT2D eigenvalue weighted by molar-refractivity contribution is 0.306. The average Bonchev–Trinajstić information content (AvgIpc) is 2.65. The molecular weight excluding hydrogens is 310 g/mol. The molecule has 0 spiro atoms. The molecule has 0 unspecified atom stereocenters. The maximum Gasteiger partial charge on any atom is 0.121 e. The third-order valence-electron chi connectivity index (χ3n) is 4.04. The number of anilines is 1. The number of ether oxygens (including phenoxy) is 2. The number of unbranched alkanes of at least 4 members (excludes halogenated alkanes) is 3. The Morgan fingerprint density at radius 3 is 2.24 bits per heavy atom. The number of hydrogen-bond acceptors (Lipinski definition) is 3. The first-order valence-electron chi connectivity index (χ1n) is 9.50. The van der Waals surface area contributed by atoms with Crippen LogP contribution in [0.1, 0.15) is 51.5 Å². The third-order valence-corrected chi connectivity index (χ3v) is 4.04. The summed E-state index contributed by atoms with van der Waals surface area (Å²) in [6.07, 6.45) is 5.80. The van der Waals surface area contributed by atoms with Gasteiger partial charge in [0.05, 0.1) is 13.2 Å². The van der Waals surface area contributed by atoms with Crippen molar-refractivity contribution in [2.45, 2.75) is 52.5 Å². The van der Waals surface area contributed by atoms with Crippen molar-refractivity contribution in [1.82, 2.24) is 0 Å². The molecule has 3 nitrogen and oxygen atoms in total. The van der Waals surface area contributed by atoms with Gasteiger partial charge in [-0.1, -0.05) is 51.3 Å². The monoisotopic (exact) mass is 341 g/mol. The SMILES string of the molecule is CCCCCOc1ccc(CNc2cccc(OCCCC)c2)cc1. The normalized spacial score (nSPS) is 10.5. The van der Waals surface area contributed by atoms with Gasteiger partial charge in [-0.3, -0.25) is 0 Å². The summed E-state index contributed by atoms with van der Waals surface area (Å²) in [6, 6.07) is 16.5. The minimum Gasteiger partial charge on any atom is -0.494 e. The first-order chi connectivity index (χ1) is 12.3. The average molecular weight is 341 g/mol. The zero-order chi connectivity index (χ0) is 17.7. The van der Waals surface area contributed by atoms with E-state index in [9.17, 15) is 0 Å². The summed E-state index contributed by atoms with van der Waals surface area (Å²) >= 11 is 0. The highest BCUT2D eigenvalue weighted by Crippen LogP contribution is 2.19. The predicted molar refractivity (Wildman–Crippen MR) is 106 cm³/mol. The lowest BCUT2D eigenvalue weighted by atomic mass is 10.2. The highest BCUT2D eigenvalue weighted by Gasteiger charge is 1.99. The Morgan fingerprint density at radius 1 is 0.760 bits per heavy atom. The molecule has 0 fully saturated rings. The molecule has 136 valence electrons. The summed E-state index contributed by atoms with van der Waals surface area (Å²) in [4.78, 5) is 0. The number of rotatable bonds is 12. The highest BCUT2D eigenvalue weighted by molar-refractivity contribution is 5.48. The quantitative estimate of drug-likeness (QED) is 0.477. The Bertz CT molecular complexity index is 595. The molecule has 0 heterocycles. The van der Waals surface area contributed by atoms with E-state index in [1.54, 1.807) is 0 Å². The van der Waals surface area contributed by atoms with Crippen LogP contribution in [-0.2, 0) is 6.54 Å². The molecule has 2 aromatic carbocycles. The van der Waals surface area contributed by atoms with Gasteiger partial charge in [-0.05, 0) is 42.7 Å². The molecule has 0 aliphatic rings. The zero-order valence-electron chi connectivity index (χ0n) is 15.6. The molecule has 0 saturated carbocycles. The van der Waals surface area contributed by atoms with E-state index in [0.717, 1.165) is 56.2 Å². The van der Waals surface area contributed by atoms with Crippen molar-refractivity contribution in [3.63, 3.8) is 0 Å². The first kappa shape index (κ1) is 19.2. The van der Waals surface area contributed by atoms with Gasteiger partial charge in [0, 0.05) is 18.3 Å². The van der Waals surface area contributed by atoms with E-state index in [0.29, 0.717) is 0 Å². The van der Waals surface area contributed by atoms with Crippen molar-refractivity contribution in [1.29, 1.82) is 0 Å². The van der Waals surface area contributed by atoms with Crippen molar-refractivity contribution >= 4 is 5.69 Å². The van der Waals surface area contributed by atoms with E-state index < -0.39 is 0 Å². The molecule has 0 radical (unpaired) electrons. The smallest absolute Gasteiger partial charge is 0.121 e. The second kappa shape index (κ2) is 11.4. The largest absolute Gasteiger partial charge is 0.494 e. The summed E-state index contributed by atoms with van der Waals surface area (Å²) in [5.74, 6) is 1.88. The molecule has 0 aromatic heterocycles. The van der Waals surface area contributed by atoms with Gasteiger partial charge < -0.3 is 14.8 Å². The molecule has 0 atom stereocenters. The van der Waals surface area contributed by atoms with Gasteiger partial charge in [0.25, 0.3) is 0 Å². The topological polar surface area (TPSA) is 30.5 Å². The number of benzene rings is 2. The minimum absolute atomic E-state index is 0.777. The highest BCUT2D eigenvalue weighted by atomic mass is 16.5. The van der Waals surface area contributed by atoms with Crippen LogP contribution >= 0.6 is 0 Å². The second-order valence-electron chi connectivity index (χ2n) is 6.28. The van der Waals surface area contributed by atoms with Crippen LogP contribution in [-0.4, -0.2) is 13.2 Å². The minimum atomic E-state index is 0.777. The maximum atomic E-state index is 5.75. The molecule has 0 aliphatic carbocycles. The van der Waals surface area contributed by atoms with Crippen LogP contribution in [0.5, 0.6) is 11.5 Å². The van der Waals surface area contributed by atoms with Crippen LogP contribution in [0.2, 0.25) is 0 Å². The fourth-order valence-electron chi connectivity index (χ4n) is 2.48. The van der Waals surface area contributed by atoms with Crippen LogP contribution in [0.4, 0.5) is 5.69 Å². The molecule has 0 bridgehead atoms. The Hall–Kier alpha value is -2.16. The van der Waals surface area contributed by atoms with Gasteiger partial charge >= 0.3 is 0 Å². The molecule has 2 rings (SSSR count). The van der Waals surface area contributed by atoms with Crippen LogP contribution in [0, 0.1) is 0 Å². The summed E-state index contributed by atoms with van der Waals surface area (Å²) in [6.45, 7) is 6.74. The van der Waals surface area contributed by atoms with Crippen LogP contribution < -0.4 is 14.8 Å². The van der Waals surface area contributed by atoms with Crippen LogP contribution in [0.3, 0.4) is 0 Å². The fourth-order valence-corrected chi connectivity index (χ4v) is 2.48. The van der Waals surface area contributed by atoms with E-state index in [1.165, 1.54) is 18.4 Å². The summed E-state index contributed by atoms with van der Waals surface area (Å²) in [5.41, 5.74) is 2.31. The Kier molecular flexibility index (Phi) is 8.74. The van der Waals surface area contributed by atoms with Crippen molar-refractivity contribution in [3.8, 4) is 11.5 Å². The molecule has 2 aromatic rings. The van der Waals surface area contributed by atoms with Crippen LogP contribution in [0.15, 0.2) is 48.5 Å². The lowest BCUT2D eigenvalue weighted by Gasteiger charge is -2.10.